The lowest BCUT2D eigenvalue weighted by Crippen LogP contribution is -2.34. The maximum Gasteiger partial charge on any atom is 0.0694 e. The van der Waals surface area contributed by atoms with Crippen LogP contribution in [0.2, 0.25) is 0 Å². The lowest BCUT2D eigenvalue weighted by Gasteiger charge is -2.31. The fourth-order valence-corrected chi connectivity index (χ4v) is 1.01. The SMILES string of the molecule is C.CC.COC1(C)CCOCC1. The van der Waals surface area contributed by atoms with Gasteiger partial charge in [0.2, 0.25) is 0 Å². The van der Waals surface area contributed by atoms with Crippen LogP contribution in [0.1, 0.15) is 41.0 Å². The van der Waals surface area contributed by atoms with Crippen LogP contribution in [0.15, 0.2) is 0 Å². The molecule has 0 atom stereocenters. The molecule has 0 aromatic heterocycles. The highest BCUT2D eigenvalue weighted by Gasteiger charge is 2.25. The Hall–Kier alpha value is -0.0800. The Morgan fingerprint density at radius 3 is 1.83 bits per heavy atom. The van der Waals surface area contributed by atoms with Crippen LogP contribution in [-0.4, -0.2) is 25.9 Å². The van der Waals surface area contributed by atoms with E-state index < -0.39 is 0 Å². The van der Waals surface area contributed by atoms with Crippen LogP contribution in [0.4, 0.5) is 0 Å². The van der Waals surface area contributed by atoms with Gasteiger partial charge >= 0.3 is 0 Å². The molecule has 2 nitrogen and oxygen atoms in total. The van der Waals surface area contributed by atoms with Gasteiger partial charge in [-0.3, -0.25) is 0 Å². The first-order chi connectivity index (χ1) is 5.27. The molecule has 0 saturated carbocycles. The van der Waals surface area contributed by atoms with Gasteiger partial charge < -0.3 is 9.47 Å². The zero-order valence-electron chi connectivity index (χ0n) is 8.14. The molecule has 0 spiro atoms. The third kappa shape index (κ3) is 4.73. The lowest BCUT2D eigenvalue weighted by molar-refractivity contribution is -0.0773. The van der Waals surface area contributed by atoms with Gasteiger partial charge in [0.1, 0.15) is 0 Å². The van der Waals surface area contributed by atoms with Crippen LogP contribution >= 0.6 is 0 Å². The third-order valence-corrected chi connectivity index (χ3v) is 2.04. The minimum atomic E-state index is 0. The summed E-state index contributed by atoms with van der Waals surface area (Å²) in [5.41, 5.74) is 0.0955. The fourth-order valence-electron chi connectivity index (χ4n) is 1.01. The molecule has 0 aromatic carbocycles. The standard InChI is InChI=1S/C7H14O2.C2H6.CH4/c1-7(8-2)3-5-9-6-4-7;1-2;/h3-6H2,1-2H3;1-2H3;1H4. The van der Waals surface area contributed by atoms with E-state index in [-0.39, 0.29) is 13.0 Å². The summed E-state index contributed by atoms with van der Waals surface area (Å²) in [7, 11) is 1.77. The van der Waals surface area contributed by atoms with Gasteiger partial charge in [-0.05, 0) is 19.8 Å². The Labute approximate surface area is 77.3 Å². The molecule has 1 saturated heterocycles. The first-order valence-electron chi connectivity index (χ1n) is 4.40. The van der Waals surface area contributed by atoms with E-state index >= 15 is 0 Å². The molecule has 12 heavy (non-hydrogen) atoms. The summed E-state index contributed by atoms with van der Waals surface area (Å²) < 4.78 is 10.5. The molecule has 2 heteroatoms. The summed E-state index contributed by atoms with van der Waals surface area (Å²) >= 11 is 0. The molecule has 0 radical (unpaired) electrons. The first-order valence-corrected chi connectivity index (χ1v) is 4.40. The van der Waals surface area contributed by atoms with Crippen molar-refractivity contribution in [3.05, 3.63) is 0 Å². The van der Waals surface area contributed by atoms with E-state index in [1.807, 2.05) is 13.8 Å². The van der Waals surface area contributed by atoms with Gasteiger partial charge in [-0.25, -0.2) is 0 Å². The van der Waals surface area contributed by atoms with Crippen LogP contribution in [0, 0.1) is 0 Å². The van der Waals surface area contributed by atoms with Crippen molar-refractivity contribution < 1.29 is 9.47 Å². The second-order valence-electron chi connectivity index (χ2n) is 2.77. The van der Waals surface area contributed by atoms with E-state index in [9.17, 15) is 0 Å². The number of methoxy groups -OCH3 is 1. The number of hydrogen-bond donors (Lipinski definition) is 0. The average molecular weight is 176 g/mol. The highest BCUT2D eigenvalue weighted by molar-refractivity contribution is 4.76. The minimum absolute atomic E-state index is 0. The second kappa shape index (κ2) is 7.56. The molecule has 1 aliphatic heterocycles. The molecule has 1 fully saturated rings. The van der Waals surface area contributed by atoms with Crippen LogP contribution in [0.5, 0.6) is 0 Å². The summed E-state index contributed by atoms with van der Waals surface area (Å²) in [6, 6.07) is 0. The molecule has 0 bridgehead atoms. The van der Waals surface area contributed by atoms with Crippen molar-refractivity contribution in [1.82, 2.24) is 0 Å². The zero-order valence-corrected chi connectivity index (χ0v) is 8.14. The van der Waals surface area contributed by atoms with Crippen LogP contribution in [0.25, 0.3) is 0 Å². The van der Waals surface area contributed by atoms with E-state index in [2.05, 4.69) is 6.92 Å². The predicted octanol–water partition coefficient (Wildman–Crippen LogP) is 2.86. The molecule has 0 N–H and O–H groups in total. The van der Waals surface area contributed by atoms with Crippen molar-refractivity contribution in [2.75, 3.05) is 20.3 Å². The van der Waals surface area contributed by atoms with Crippen molar-refractivity contribution in [3.63, 3.8) is 0 Å². The van der Waals surface area contributed by atoms with E-state index in [0.29, 0.717) is 0 Å². The number of hydrogen-bond acceptors (Lipinski definition) is 2. The summed E-state index contributed by atoms with van der Waals surface area (Å²) in [5.74, 6) is 0. The van der Waals surface area contributed by atoms with Gasteiger partial charge in [-0.1, -0.05) is 21.3 Å². The highest BCUT2D eigenvalue weighted by Crippen LogP contribution is 2.22. The molecule has 0 aromatic rings. The lowest BCUT2D eigenvalue weighted by atomic mass is 9.97. The zero-order chi connectivity index (χ0) is 8.74. The monoisotopic (exact) mass is 176 g/mol. The maximum atomic E-state index is 5.30. The third-order valence-electron chi connectivity index (χ3n) is 2.04. The Morgan fingerprint density at radius 2 is 1.58 bits per heavy atom. The number of ether oxygens (including phenoxy) is 2. The quantitative estimate of drug-likeness (QED) is 0.611. The number of rotatable bonds is 1. The Balaban J connectivity index is 0. The van der Waals surface area contributed by atoms with Crippen molar-refractivity contribution >= 4 is 0 Å². The molecule has 0 aliphatic carbocycles. The summed E-state index contributed by atoms with van der Waals surface area (Å²) in [6.07, 6.45) is 2.06. The van der Waals surface area contributed by atoms with E-state index in [4.69, 9.17) is 9.47 Å². The first kappa shape index (κ1) is 14.4. The summed E-state index contributed by atoms with van der Waals surface area (Å²) in [4.78, 5) is 0. The maximum absolute atomic E-state index is 5.30. The summed E-state index contributed by atoms with van der Waals surface area (Å²) in [6.45, 7) is 7.84. The largest absolute Gasteiger partial charge is 0.381 e. The van der Waals surface area contributed by atoms with E-state index in [1.54, 1.807) is 7.11 Å². The van der Waals surface area contributed by atoms with Gasteiger partial charge in [-0.2, -0.15) is 0 Å². The molecular formula is C10H24O2. The normalized spacial score (nSPS) is 20.0. The topological polar surface area (TPSA) is 18.5 Å². The van der Waals surface area contributed by atoms with Crippen LogP contribution in [-0.2, 0) is 9.47 Å². The van der Waals surface area contributed by atoms with Gasteiger partial charge in [-0.15, -0.1) is 0 Å². The fraction of sp³-hybridized carbons (Fsp3) is 1.00. The molecule has 0 amide bonds. The van der Waals surface area contributed by atoms with E-state index in [0.717, 1.165) is 26.1 Å². The van der Waals surface area contributed by atoms with Gasteiger partial charge in [0.15, 0.2) is 0 Å². The van der Waals surface area contributed by atoms with Gasteiger partial charge in [0, 0.05) is 20.3 Å². The molecule has 1 aliphatic rings. The smallest absolute Gasteiger partial charge is 0.0694 e. The minimum Gasteiger partial charge on any atom is -0.381 e. The summed E-state index contributed by atoms with van der Waals surface area (Å²) in [5, 5.41) is 0. The van der Waals surface area contributed by atoms with Crippen molar-refractivity contribution in [1.29, 1.82) is 0 Å². The van der Waals surface area contributed by atoms with Crippen LogP contribution in [0.3, 0.4) is 0 Å². The Kier molecular flexibility index (Phi) is 9.10. The van der Waals surface area contributed by atoms with Crippen LogP contribution < -0.4 is 0 Å². The van der Waals surface area contributed by atoms with Crippen molar-refractivity contribution in [2.45, 2.75) is 46.6 Å². The molecule has 1 rings (SSSR count). The predicted molar refractivity (Wildman–Crippen MR) is 53.5 cm³/mol. The van der Waals surface area contributed by atoms with Crippen molar-refractivity contribution in [3.8, 4) is 0 Å². The molecule has 0 unspecified atom stereocenters. The Morgan fingerprint density at radius 1 is 1.17 bits per heavy atom. The molecule has 76 valence electrons. The van der Waals surface area contributed by atoms with Gasteiger partial charge in [0.05, 0.1) is 5.60 Å². The molecule has 1 heterocycles. The second-order valence-corrected chi connectivity index (χ2v) is 2.77. The van der Waals surface area contributed by atoms with Gasteiger partial charge in [0.25, 0.3) is 0 Å². The highest BCUT2D eigenvalue weighted by atomic mass is 16.5. The average Bonchev–Trinajstić information content (AvgIpc) is 2.10. The molecular weight excluding hydrogens is 152 g/mol. The van der Waals surface area contributed by atoms with E-state index in [1.165, 1.54) is 0 Å². The Bertz CT molecular complexity index is 85.8. The van der Waals surface area contributed by atoms with Crippen molar-refractivity contribution in [2.24, 2.45) is 0 Å².